The molecule has 0 saturated heterocycles. The van der Waals surface area contributed by atoms with Crippen LogP contribution in [0.15, 0.2) is 12.1 Å². The summed E-state index contributed by atoms with van der Waals surface area (Å²) in [6.07, 6.45) is -0.132. The highest BCUT2D eigenvalue weighted by atomic mass is 16.6. The molecular formula is C12H12N2O5. The van der Waals surface area contributed by atoms with Gasteiger partial charge in [0.15, 0.2) is 0 Å². The van der Waals surface area contributed by atoms with Gasteiger partial charge in [0.25, 0.3) is 0 Å². The topological polar surface area (TPSA) is 102 Å². The summed E-state index contributed by atoms with van der Waals surface area (Å²) in [6, 6.07) is 4.39. The van der Waals surface area contributed by atoms with Crippen LogP contribution in [0.2, 0.25) is 0 Å². The molecule has 0 aromatic heterocycles. The number of carbonyl (C=O) groups excluding carboxylic acids is 1. The van der Waals surface area contributed by atoms with Crippen molar-refractivity contribution < 1.29 is 19.2 Å². The smallest absolute Gasteiger partial charge is 0.312 e. The summed E-state index contributed by atoms with van der Waals surface area (Å²) in [5, 5.41) is 19.9. The van der Waals surface area contributed by atoms with E-state index in [0.717, 1.165) is 0 Å². The van der Waals surface area contributed by atoms with Gasteiger partial charge in [0.1, 0.15) is 11.6 Å². The van der Waals surface area contributed by atoms with Crippen molar-refractivity contribution >= 4 is 11.7 Å². The monoisotopic (exact) mass is 264 g/mol. The maximum atomic E-state index is 11.3. The third kappa shape index (κ3) is 3.42. The zero-order chi connectivity index (χ0) is 14.4. The Morgan fingerprint density at radius 1 is 1.53 bits per heavy atom. The van der Waals surface area contributed by atoms with Crippen LogP contribution in [-0.4, -0.2) is 24.6 Å². The first kappa shape index (κ1) is 14.4. The second-order valence-corrected chi connectivity index (χ2v) is 3.55. The Labute approximate surface area is 109 Å². The van der Waals surface area contributed by atoms with Crippen molar-refractivity contribution in [2.75, 3.05) is 13.7 Å². The van der Waals surface area contributed by atoms with Crippen molar-refractivity contribution in [2.24, 2.45) is 0 Å². The minimum atomic E-state index is -0.658. The minimum Gasteiger partial charge on any atom is -0.489 e. The molecular weight excluding hydrogens is 252 g/mol. The molecule has 7 nitrogen and oxygen atoms in total. The molecule has 0 aliphatic rings. The molecule has 1 aromatic carbocycles. The lowest BCUT2D eigenvalue weighted by molar-refractivity contribution is -0.385. The summed E-state index contributed by atoms with van der Waals surface area (Å²) < 4.78 is 9.61. The molecule has 100 valence electrons. The number of methoxy groups -OCH3 is 1. The molecule has 19 heavy (non-hydrogen) atoms. The van der Waals surface area contributed by atoms with Crippen LogP contribution in [0.4, 0.5) is 5.69 Å². The summed E-state index contributed by atoms with van der Waals surface area (Å²) in [5.41, 5.74) is -0.000605. The summed E-state index contributed by atoms with van der Waals surface area (Å²) >= 11 is 0. The Hall–Kier alpha value is -2.62. The van der Waals surface area contributed by atoms with E-state index in [1.54, 1.807) is 13.0 Å². The van der Waals surface area contributed by atoms with Gasteiger partial charge in [-0.3, -0.25) is 14.9 Å². The first-order chi connectivity index (χ1) is 9.03. The van der Waals surface area contributed by atoms with Crippen LogP contribution in [0.5, 0.6) is 5.75 Å². The van der Waals surface area contributed by atoms with Gasteiger partial charge >= 0.3 is 11.7 Å². The molecule has 7 heteroatoms. The SMILES string of the molecule is CCOC(=O)Cc1cc(C#N)c(OC)c([N+](=O)[O-])c1. The first-order valence-corrected chi connectivity index (χ1v) is 5.44. The van der Waals surface area contributed by atoms with Gasteiger partial charge in [0.2, 0.25) is 5.75 Å². The molecule has 0 unspecified atom stereocenters. The van der Waals surface area contributed by atoms with Gasteiger partial charge in [-0.25, -0.2) is 0 Å². The van der Waals surface area contributed by atoms with Crippen LogP contribution in [-0.2, 0) is 16.0 Å². The number of nitrogens with zero attached hydrogens (tertiary/aromatic N) is 2. The number of nitro benzene ring substituents is 1. The molecule has 0 saturated carbocycles. The Balaban J connectivity index is 3.22. The Bertz CT molecular complexity index is 548. The molecule has 0 N–H and O–H groups in total. The first-order valence-electron chi connectivity index (χ1n) is 5.44. The van der Waals surface area contributed by atoms with E-state index in [1.807, 2.05) is 0 Å². The molecule has 0 aliphatic carbocycles. The average molecular weight is 264 g/mol. The number of hydrogen-bond donors (Lipinski definition) is 0. The second kappa shape index (κ2) is 6.35. The van der Waals surface area contributed by atoms with E-state index < -0.39 is 10.9 Å². The molecule has 1 rings (SSSR count). The van der Waals surface area contributed by atoms with Crippen molar-refractivity contribution in [2.45, 2.75) is 13.3 Å². The van der Waals surface area contributed by atoms with Crippen molar-refractivity contribution in [1.29, 1.82) is 5.26 Å². The largest absolute Gasteiger partial charge is 0.489 e. The van der Waals surface area contributed by atoms with E-state index in [-0.39, 0.29) is 30.0 Å². The van der Waals surface area contributed by atoms with Gasteiger partial charge in [0.05, 0.1) is 25.1 Å². The number of nitriles is 1. The van der Waals surface area contributed by atoms with Crippen molar-refractivity contribution in [3.8, 4) is 11.8 Å². The third-order valence-electron chi connectivity index (χ3n) is 2.30. The van der Waals surface area contributed by atoms with Crippen molar-refractivity contribution in [3.05, 3.63) is 33.4 Å². The van der Waals surface area contributed by atoms with Gasteiger partial charge in [-0.15, -0.1) is 0 Å². The normalized spacial score (nSPS) is 9.53. The van der Waals surface area contributed by atoms with Crippen LogP contribution < -0.4 is 4.74 Å². The quantitative estimate of drug-likeness (QED) is 0.454. The molecule has 0 amide bonds. The van der Waals surface area contributed by atoms with Gasteiger partial charge < -0.3 is 9.47 Å². The fourth-order valence-electron chi connectivity index (χ4n) is 1.59. The van der Waals surface area contributed by atoms with Crippen LogP contribution in [0.1, 0.15) is 18.1 Å². The third-order valence-corrected chi connectivity index (χ3v) is 2.30. The number of hydrogen-bond acceptors (Lipinski definition) is 6. The van der Waals surface area contributed by atoms with Gasteiger partial charge in [-0.05, 0) is 18.6 Å². The lowest BCUT2D eigenvalue weighted by atomic mass is 10.1. The molecule has 0 heterocycles. The standard InChI is InChI=1S/C12H12N2O5/c1-3-19-11(15)6-8-4-9(7-13)12(18-2)10(5-8)14(16)17/h4-5H,3,6H2,1-2H3. The van der Waals surface area contributed by atoms with Crippen molar-refractivity contribution in [3.63, 3.8) is 0 Å². The van der Waals surface area contributed by atoms with E-state index in [4.69, 9.17) is 14.7 Å². The molecule has 0 radical (unpaired) electrons. The predicted molar refractivity (Wildman–Crippen MR) is 64.7 cm³/mol. The molecule has 0 aliphatic heterocycles. The number of nitro groups is 1. The Morgan fingerprint density at radius 2 is 2.21 bits per heavy atom. The van der Waals surface area contributed by atoms with E-state index in [0.29, 0.717) is 5.56 Å². The lowest BCUT2D eigenvalue weighted by Crippen LogP contribution is -2.08. The van der Waals surface area contributed by atoms with Crippen LogP contribution >= 0.6 is 0 Å². The zero-order valence-electron chi connectivity index (χ0n) is 10.5. The number of ether oxygens (including phenoxy) is 2. The molecule has 0 atom stereocenters. The Kier molecular flexibility index (Phi) is 4.83. The minimum absolute atomic E-state index is 0.0102. The molecule has 1 aromatic rings. The van der Waals surface area contributed by atoms with Crippen LogP contribution in [0, 0.1) is 21.4 Å². The highest BCUT2D eigenvalue weighted by Gasteiger charge is 2.21. The van der Waals surface area contributed by atoms with Crippen molar-refractivity contribution in [1.82, 2.24) is 0 Å². The van der Waals surface area contributed by atoms with E-state index >= 15 is 0 Å². The van der Waals surface area contributed by atoms with E-state index in [2.05, 4.69) is 0 Å². The molecule has 0 spiro atoms. The maximum Gasteiger partial charge on any atom is 0.312 e. The summed E-state index contributed by atoms with van der Waals surface area (Å²) in [6.45, 7) is 1.89. The summed E-state index contributed by atoms with van der Waals surface area (Å²) in [5.74, 6) is -0.619. The fourth-order valence-corrected chi connectivity index (χ4v) is 1.59. The molecule has 0 bridgehead atoms. The second-order valence-electron chi connectivity index (χ2n) is 3.55. The predicted octanol–water partition coefficient (Wildman–Crippen LogP) is 1.58. The van der Waals surface area contributed by atoms with Crippen LogP contribution in [0.3, 0.4) is 0 Å². The summed E-state index contributed by atoms with van der Waals surface area (Å²) in [4.78, 5) is 21.6. The number of rotatable bonds is 5. The summed E-state index contributed by atoms with van der Waals surface area (Å²) in [7, 11) is 1.24. The number of esters is 1. The van der Waals surface area contributed by atoms with Gasteiger partial charge in [0, 0.05) is 6.07 Å². The fraction of sp³-hybridized carbons (Fsp3) is 0.333. The molecule has 0 fully saturated rings. The lowest BCUT2D eigenvalue weighted by Gasteiger charge is -2.07. The van der Waals surface area contributed by atoms with E-state index in [9.17, 15) is 14.9 Å². The number of benzene rings is 1. The van der Waals surface area contributed by atoms with Gasteiger partial charge in [-0.2, -0.15) is 5.26 Å². The van der Waals surface area contributed by atoms with E-state index in [1.165, 1.54) is 19.2 Å². The van der Waals surface area contributed by atoms with Crippen LogP contribution in [0.25, 0.3) is 0 Å². The Morgan fingerprint density at radius 3 is 2.68 bits per heavy atom. The average Bonchev–Trinajstić information content (AvgIpc) is 2.37. The maximum absolute atomic E-state index is 11.3. The highest BCUT2D eigenvalue weighted by molar-refractivity contribution is 5.74. The van der Waals surface area contributed by atoms with Gasteiger partial charge in [-0.1, -0.05) is 0 Å². The zero-order valence-corrected chi connectivity index (χ0v) is 10.5. The number of carbonyl (C=O) groups is 1. The highest BCUT2D eigenvalue weighted by Crippen LogP contribution is 2.32.